The number of likely N-dealkylation sites (tertiary alicyclic amines) is 2. The fraction of sp³-hybridized carbons (Fsp3) is 0.500. The van der Waals surface area contributed by atoms with Gasteiger partial charge in [0, 0.05) is 24.9 Å². The van der Waals surface area contributed by atoms with Crippen LogP contribution in [-0.4, -0.2) is 82.4 Å². The molecule has 358 valence electrons. The summed E-state index contributed by atoms with van der Waals surface area (Å²) >= 11 is 0. The number of nitrogens with one attached hydrogen (secondary N) is 1. The molecule has 9 atom stereocenters. The van der Waals surface area contributed by atoms with Gasteiger partial charge in [-0.3, -0.25) is 14.4 Å². The number of amides is 3. The highest BCUT2D eigenvalue weighted by Gasteiger charge is 2.45. The van der Waals surface area contributed by atoms with Crippen molar-refractivity contribution in [2.75, 3.05) is 13.1 Å². The van der Waals surface area contributed by atoms with Gasteiger partial charge in [0.2, 0.25) is 11.8 Å². The average molecular weight is 918 g/mol. The summed E-state index contributed by atoms with van der Waals surface area (Å²) in [6.07, 6.45) is 1.63. The molecule has 3 aliphatic rings. The lowest BCUT2D eigenvalue weighted by Gasteiger charge is -2.32. The second kappa shape index (κ2) is 21.2. The third-order valence-electron chi connectivity index (χ3n) is 13.7. The molecule has 67 heavy (non-hydrogen) atoms. The lowest BCUT2D eigenvalue weighted by molar-refractivity contribution is -0.157. The van der Waals surface area contributed by atoms with E-state index >= 15 is 8.78 Å². The molecule has 2 saturated heterocycles. The molecule has 4 aromatic carbocycles. The number of halogens is 2. The molecule has 2 aliphatic heterocycles. The Labute approximate surface area is 396 Å². The fourth-order valence-electron chi connectivity index (χ4n) is 10.5. The predicted molar refractivity (Wildman–Crippen MR) is 258 cm³/mol. The molecule has 1 saturated carbocycles. The number of rotatable bonds is 14. The van der Waals surface area contributed by atoms with E-state index in [1.54, 1.807) is 54.8 Å². The first-order valence-electron chi connectivity index (χ1n) is 24.2. The lowest BCUT2D eigenvalue weighted by atomic mass is 9.89. The first kappa shape index (κ1) is 49.3. The largest absolute Gasteiger partial charge is 0.460 e. The van der Waals surface area contributed by atoms with Crippen LogP contribution in [0.5, 0.6) is 0 Å². The van der Waals surface area contributed by atoms with E-state index in [0.717, 1.165) is 47.9 Å². The molecule has 0 aromatic heterocycles. The average Bonchev–Trinajstić information content (AvgIpc) is 4.04. The van der Waals surface area contributed by atoms with Gasteiger partial charge >= 0.3 is 12.1 Å². The van der Waals surface area contributed by atoms with Gasteiger partial charge in [0.1, 0.15) is 29.6 Å². The molecule has 0 radical (unpaired) electrons. The molecule has 11 heteroatoms. The highest BCUT2D eigenvalue weighted by molar-refractivity contribution is 5.89. The first-order valence-corrected chi connectivity index (χ1v) is 24.2. The van der Waals surface area contributed by atoms with Gasteiger partial charge in [-0.15, -0.1) is 0 Å². The van der Waals surface area contributed by atoms with Crippen LogP contribution < -0.4 is 5.32 Å². The molecule has 3 amide bonds. The van der Waals surface area contributed by atoms with Crippen LogP contribution in [0, 0.1) is 5.92 Å². The second-order valence-corrected chi connectivity index (χ2v) is 21.1. The number of carbonyl (C=O) groups is 4. The maximum Gasteiger partial charge on any atom is 0.408 e. The Bertz CT molecular complexity index is 2300. The minimum Gasteiger partial charge on any atom is -0.460 e. The van der Waals surface area contributed by atoms with Gasteiger partial charge in [-0.25, -0.2) is 13.6 Å². The third kappa shape index (κ3) is 12.9. The zero-order valence-corrected chi connectivity index (χ0v) is 40.3. The van der Waals surface area contributed by atoms with Crippen molar-refractivity contribution in [3.05, 3.63) is 131 Å². The van der Waals surface area contributed by atoms with E-state index in [-0.39, 0.29) is 61.7 Å². The standard InChI is InChI=1S/C56H69F2N3O6/c1-36(18-29-47-31-45(57)34-60(47)53(64)51(42-16-12-9-13-17-42)59-54(65)67-56(5,6)7)37-19-21-38(22-20-37)39-23-25-40(26-24-39)43-27-28-44(30-43)49-32-46(58)35-61(49)52(63)48(41-14-10-8-11-15-41)33-50(62)66-55(2,3)4/h8-17,19-26,36,43-49,51H,18,27-35H2,1-7H3,(H,59,65)/t36?,43?,44?,45-,46-,47-,48-,49+,51-/m1/s1. The minimum absolute atomic E-state index is 0.0139. The maximum atomic E-state index is 15.3. The van der Waals surface area contributed by atoms with Crippen LogP contribution in [-0.2, 0) is 23.9 Å². The van der Waals surface area contributed by atoms with Crippen molar-refractivity contribution >= 4 is 23.9 Å². The Balaban J connectivity index is 0.948. The van der Waals surface area contributed by atoms with Crippen molar-refractivity contribution in [1.82, 2.24) is 15.1 Å². The molecule has 3 fully saturated rings. The van der Waals surface area contributed by atoms with Crippen LogP contribution in [0.3, 0.4) is 0 Å². The second-order valence-electron chi connectivity index (χ2n) is 21.1. The van der Waals surface area contributed by atoms with Gasteiger partial charge in [0.05, 0.1) is 25.4 Å². The maximum absolute atomic E-state index is 15.3. The topological polar surface area (TPSA) is 105 Å². The van der Waals surface area contributed by atoms with Crippen LogP contribution in [0.4, 0.5) is 13.6 Å². The normalized spacial score (nSPS) is 23.4. The highest BCUT2D eigenvalue weighted by Crippen LogP contribution is 2.45. The molecular formula is C56H69F2N3O6. The van der Waals surface area contributed by atoms with Crippen molar-refractivity contribution in [3.8, 4) is 11.1 Å². The monoisotopic (exact) mass is 918 g/mol. The number of alkyl halides is 2. The van der Waals surface area contributed by atoms with Crippen LogP contribution in [0.2, 0.25) is 0 Å². The highest BCUT2D eigenvalue weighted by atomic mass is 19.1. The van der Waals surface area contributed by atoms with Gasteiger partial charge < -0.3 is 24.6 Å². The SMILES string of the molecule is CC(CC[C@@H]1C[C@@H](F)CN1C(=O)[C@H](NC(=O)OC(C)(C)C)c1ccccc1)c1ccc(-c2ccc(C3CCC([C@@H]4C[C@@H](F)CN4C(=O)[C@H](CC(=O)OC(C)(C)C)c4ccccc4)C3)cc2)cc1. The van der Waals surface area contributed by atoms with E-state index in [0.29, 0.717) is 24.3 Å². The van der Waals surface area contributed by atoms with Crippen LogP contribution in [0.1, 0.15) is 146 Å². The fourth-order valence-corrected chi connectivity index (χ4v) is 10.5. The van der Waals surface area contributed by atoms with E-state index in [9.17, 15) is 19.2 Å². The molecular weight excluding hydrogens is 849 g/mol. The van der Waals surface area contributed by atoms with Crippen molar-refractivity contribution in [3.63, 3.8) is 0 Å². The zero-order valence-electron chi connectivity index (χ0n) is 40.3. The number of ether oxygens (including phenoxy) is 2. The third-order valence-corrected chi connectivity index (χ3v) is 13.7. The van der Waals surface area contributed by atoms with Crippen molar-refractivity contribution < 1.29 is 37.4 Å². The molecule has 4 aromatic rings. The van der Waals surface area contributed by atoms with E-state index in [2.05, 4.69) is 60.8 Å². The Kier molecular flexibility index (Phi) is 15.6. The van der Waals surface area contributed by atoms with Gasteiger partial charge in [-0.05, 0) is 125 Å². The number of esters is 1. The molecule has 1 aliphatic carbocycles. The van der Waals surface area contributed by atoms with Gasteiger partial charge in [0.25, 0.3) is 0 Å². The zero-order chi connectivity index (χ0) is 48.0. The lowest BCUT2D eigenvalue weighted by Crippen LogP contribution is -2.46. The van der Waals surface area contributed by atoms with Crippen LogP contribution >= 0.6 is 0 Å². The smallest absolute Gasteiger partial charge is 0.408 e. The first-order chi connectivity index (χ1) is 31.8. The summed E-state index contributed by atoms with van der Waals surface area (Å²) in [5, 5.41) is 2.75. The van der Waals surface area contributed by atoms with Crippen molar-refractivity contribution in [1.29, 1.82) is 0 Å². The Morgan fingerprint density at radius 1 is 0.657 bits per heavy atom. The number of benzene rings is 4. The summed E-state index contributed by atoms with van der Waals surface area (Å²) in [7, 11) is 0. The molecule has 3 unspecified atom stereocenters. The predicted octanol–water partition coefficient (Wildman–Crippen LogP) is 11.8. The number of nitrogens with zero attached hydrogens (tertiary/aromatic N) is 2. The molecule has 1 N–H and O–H groups in total. The van der Waals surface area contributed by atoms with E-state index in [1.165, 1.54) is 5.56 Å². The number of hydrogen-bond donors (Lipinski definition) is 1. The summed E-state index contributed by atoms with van der Waals surface area (Å²) < 4.78 is 41.4. The Morgan fingerprint density at radius 2 is 1.22 bits per heavy atom. The van der Waals surface area contributed by atoms with Crippen LogP contribution in [0.25, 0.3) is 11.1 Å². The molecule has 9 nitrogen and oxygen atoms in total. The molecule has 0 spiro atoms. The van der Waals surface area contributed by atoms with Gasteiger partial charge in [0.15, 0.2) is 0 Å². The Morgan fingerprint density at radius 3 is 1.84 bits per heavy atom. The minimum atomic E-state index is -1.14. The van der Waals surface area contributed by atoms with Gasteiger partial charge in [-0.1, -0.05) is 116 Å². The van der Waals surface area contributed by atoms with Crippen LogP contribution in [0.15, 0.2) is 109 Å². The number of carbonyl (C=O) groups excluding carboxylic acids is 4. The Hall–Kier alpha value is -5.58. The molecule has 2 heterocycles. The quantitative estimate of drug-likeness (QED) is 0.126. The van der Waals surface area contributed by atoms with E-state index < -0.39 is 47.6 Å². The van der Waals surface area contributed by atoms with Crippen molar-refractivity contribution in [2.45, 2.75) is 159 Å². The van der Waals surface area contributed by atoms with E-state index in [4.69, 9.17) is 9.47 Å². The summed E-state index contributed by atoms with van der Waals surface area (Å²) in [5.74, 6) is -1.11. The summed E-state index contributed by atoms with van der Waals surface area (Å²) in [6.45, 7) is 12.9. The van der Waals surface area contributed by atoms with Crippen molar-refractivity contribution in [2.24, 2.45) is 5.92 Å². The number of alkyl carbamates (subject to hydrolysis) is 1. The number of hydrogen-bond acceptors (Lipinski definition) is 6. The van der Waals surface area contributed by atoms with Gasteiger partial charge in [-0.2, -0.15) is 0 Å². The molecule has 0 bridgehead atoms. The summed E-state index contributed by atoms with van der Waals surface area (Å²) in [6, 6.07) is 34.0. The van der Waals surface area contributed by atoms with E-state index in [1.807, 2.05) is 57.2 Å². The summed E-state index contributed by atoms with van der Waals surface area (Å²) in [4.78, 5) is 57.6. The molecule has 7 rings (SSSR count). The summed E-state index contributed by atoms with van der Waals surface area (Å²) in [5.41, 5.74) is 4.51.